The van der Waals surface area contributed by atoms with Crippen molar-refractivity contribution in [2.45, 2.75) is 46.1 Å². The van der Waals surface area contributed by atoms with Crippen molar-refractivity contribution in [3.8, 4) is 0 Å². The topological polar surface area (TPSA) is 111 Å². The summed E-state index contributed by atoms with van der Waals surface area (Å²) in [4.78, 5) is 48.0. The first-order valence-corrected chi connectivity index (χ1v) is 11.3. The molecule has 1 N–H and O–H groups in total. The van der Waals surface area contributed by atoms with Gasteiger partial charge in [0.1, 0.15) is 11.5 Å². The molecule has 0 aromatic carbocycles. The number of aromatic nitrogens is 2. The number of thiophene rings is 1. The van der Waals surface area contributed by atoms with Crippen LogP contribution in [0, 0.1) is 5.92 Å². The normalized spacial score (nSPS) is 15.1. The van der Waals surface area contributed by atoms with Crippen LogP contribution < -0.4 is 10.2 Å². The lowest BCUT2D eigenvalue weighted by atomic mass is 9.88. The Morgan fingerprint density at radius 2 is 2.00 bits per heavy atom. The summed E-state index contributed by atoms with van der Waals surface area (Å²) in [5.41, 5.74) is 1.38. The molecule has 1 unspecified atom stereocenters. The monoisotopic (exact) mass is 460 g/mol. The minimum Gasteiger partial charge on any atom is -0.459 e. The van der Waals surface area contributed by atoms with Crippen molar-refractivity contribution in [2.75, 3.05) is 30.4 Å². The highest BCUT2D eigenvalue weighted by Gasteiger charge is 2.29. The quantitative estimate of drug-likeness (QED) is 0.599. The first-order valence-electron chi connectivity index (χ1n) is 10.5. The van der Waals surface area contributed by atoms with Gasteiger partial charge in [-0.1, -0.05) is 6.92 Å². The standard InChI is InChI=1S/C22H28N4O5S/c1-13(2)31-21(29)19-15-7-6-14(3)10-16(15)32-20(19)25-17(27)12-30-18(28)11-26(4)22-23-8-5-9-24-22/h5,8-9,13-14H,6-7,10-12H2,1-4H3,(H,25,27). The second-order valence-corrected chi connectivity index (χ2v) is 9.23. The number of esters is 2. The zero-order valence-corrected chi connectivity index (χ0v) is 19.5. The number of nitrogens with one attached hydrogen (secondary N) is 1. The molecule has 0 saturated carbocycles. The summed E-state index contributed by atoms with van der Waals surface area (Å²) in [7, 11) is 1.65. The van der Waals surface area contributed by atoms with Crippen molar-refractivity contribution in [1.82, 2.24) is 9.97 Å². The number of carbonyl (C=O) groups is 3. The van der Waals surface area contributed by atoms with Gasteiger partial charge < -0.3 is 19.7 Å². The van der Waals surface area contributed by atoms with E-state index >= 15 is 0 Å². The van der Waals surface area contributed by atoms with Crippen LogP contribution in [0.4, 0.5) is 10.9 Å². The second kappa shape index (κ2) is 10.5. The average molecular weight is 461 g/mol. The van der Waals surface area contributed by atoms with E-state index in [1.54, 1.807) is 39.4 Å². The number of anilines is 2. The first-order chi connectivity index (χ1) is 15.2. The summed E-state index contributed by atoms with van der Waals surface area (Å²) in [5.74, 6) is -0.648. The van der Waals surface area contributed by atoms with E-state index in [1.165, 1.54) is 16.2 Å². The van der Waals surface area contributed by atoms with Crippen LogP contribution in [-0.2, 0) is 31.9 Å². The molecule has 1 aliphatic carbocycles. The van der Waals surface area contributed by atoms with Crippen LogP contribution in [0.2, 0.25) is 0 Å². The molecule has 172 valence electrons. The number of ether oxygens (including phenoxy) is 2. The summed E-state index contributed by atoms with van der Waals surface area (Å²) in [6.45, 7) is 5.18. The van der Waals surface area contributed by atoms with Crippen molar-refractivity contribution in [3.05, 3.63) is 34.5 Å². The predicted molar refractivity (Wildman–Crippen MR) is 121 cm³/mol. The summed E-state index contributed by atoms with van der Waals surface area (Å²) >= 11 is 1.39. The largest absolute Gasteiger partial charge is 0.459 e. The Labute approximate surface area is 191 Å². The maximum absolute atomic E-state index is 12.7. The van der Waals surface area contributed by atoms with E-state index in [0.717, 1.165) is 29.7 Å². The maximum atomic E-state index is 12.7. The molecule has 1 aliphatic rings. The molecule has 32 heavy (non-hydrogen) atoms. The number of fused-ring (bicyclic) bond motifs is 1. The summed E-state index contributed by atoms with van der Waals surface area (Å²) in [6.07, 6.45) is 5.49. The molecule has 3 rings (SSSR count). The van der Waals surface area contributed by atoms with Crippen molar-refractivity contribution in [2.24, 2.45) is 5.92 Å². The molecule has 0 bridgehead atoms. The molecule has 0 spiro atoms. The predicted octanol–water partition coefficient (Wildman–Crippen LogP) is 2.85. The highest BCUT2D eigenvalue weighted by atomic mass is 32.1. The van der Waals surface area contributed by atoms with Gasteiger partial charge in [-0.05, 0) is 50.7 Å². The smallest absolute Gasteiger partial charge is 0.341 e. The fourth-order valence-corrected chi connectivity index (χ4v) is 4.85. The Hall–Kier alpha value is -3.01. The minimum atomic E-state index is -0.589. The Morgan fingerprint density at radius 1 is 1.28 bits per heavy atom. The molecule has 9 nitrogen and oxygen atoms in total. The lowest BCUT2D eigenvalue weighted by Crippen LogP contribution is -2.30. The van der Waals surface area contributed by atoms with Crippen LogP contribution in [0.1, 0.15) is 48.0 Å². The number of hydrogen-bond donors (Lipinski definition) is 1. The van der Waals surface area contributed by atoms with Gasteiger partial charge in [-0.25, -0.2) is 14.8 Å². The molecule has 1 atom stereocenters. The number of nitrogens with zero attached hydrogens (tertiary/aromatic N) is 3. The molecule has 0 fully saturated rings. The molecular weight excluding hydrogens is 432 g/mol. The molecule has 2 aromatic rings. The van der Waals surface area contributed by atoms with Gasteiger partial charge >= 0.3 is 11.9 Å². The zero-order chi connectivity index (χ0) is 23.3. The first kappa shape index (κ1) is 23.6. The maximum Gasteiger partial charge on any atom is 0.341 e. The van der Waals surface area contributed by atoms with Gasteiger partial charge in [0, 0.05) is 24.3 Å². The molecule has 0 radical (unpaired) electrons. The van der Waals surface area contributed by atoms with Gasteiger partial charge in [0.2, 0.25) is 5.95 Å². The summed E-state index contributed by atoms with van der Waals surface area (Å²) < 4.78 is 10.5. The molecule has 2 aromatic heterocycles. The fourth-order valence-electron chi connectivity index (χ4n) is 3.43. The molecule has 10 heteroatoms. The van der Waals surface area contributed by atoms with E-state index in [4.69, 9.17) is 9.47 Å². The molecule has 1 amide bonds. The zero-order valence-electron chi connectivity index (χ0n) is 18.7. The van der Waals surface area contributed by atoms with Crippen LogP contribution in [0.15, 0.2) is 18.5 Å². The summed E-state index contributed by atoms with van der Waals surface area (Å²) in [5, 5.41) is 3.19. The lowest BCUT2D eigenvalue weighted by molar-refractivity contribution is -0.145. The summed E-state index contributed by atoms with van der Waals surface area (Å²) in [6, 6.07) is 1.67. The Morgan fingerprint density at radius 3 is 2.69 bits per heavy atom. The van der Waals surface area contributed by atoms with Crippen LogP contribution in [0.5, 0.6) is 0 Å². The Kier molecular flexibility index (Phi) is 7.79. The van der Waals surface area contributed by atoms with E-state index in [-0.39, 0.29) is 12.6 Å². The third kappa shape index (κ3) is 6.03. The van der Waals surface area contributed by atoms with Gasteiger partial charge in [0.25, 0.3) is 5.91 Å². The van der Waals surface area contributed by atoms with Gasteiger partial charge in [0.05, 0.1) is 11.7 Å². The van der Waals surface area contributed by atoms with E-state index in [2.05, 4.69) is 22.2 Å². The fraction of sp³-hybridized carbons (Fsp3) is 0.500. The van der Waals surface area contributed by atoms with Crippen molar-refractivity contribution >= 4 is 40.1 Å². The highest BCUT2D eigenvalue weighted by molar-refractivity contribution is 7.17. The third-order valence-electron chi connectivity index (χ3n) is 4.94. The number of likely N-dealkylation sites (N-methyl/N-ethyl adjacent to an activating group) is 1. The molecular formula is C22H28N4O5S. The van der Waals surface area contributed by atoms with Crippen LogP contribution >= 0.6 is 11.3 Å². The number of rotatable bonds is 8. The van der Waals surface area contributed by atoms with E-state index in [0.29, 0.717) is 22.4 Å². The number of amides is 1. The van der Waals surface area contributed by atoms with Crippen LogP contribution in [-0.4, -0.2) is 54.1 Å². The van der Waals surface area contributed by atoms with E-state index in [9.17, 15) is 14.4 Å². The van der Waals surface area contributed by atoms with Gasteiger partial charge in [-0.2, -0.15) is 0 Å². The van der Waals surface area contributed by atoms with E-state index in [1.807, 2.05) is 0 Å². The Bertz CT molecular complexity index is 976. The highest BCUT2D eigenvalue weighted by Crippen LogP contribution is 2.40. The number of carbonyl (C=O) groups excluding carboxylic acids is 3. The Balaban J connectivity index is 1.63. The van der Waals surface area contributed by atoms with E-state index < -0.39 is 24.5 Å². The van der Waals surface area contributed by atoms with Crippen LogP contribution in [0.25, 0.3) is 0 Å². The lowest BCUT2D eigenvalue weighted by Gasteiger charge is -2.19. The van der Waals surface area contributed by atoms with Crippen molar-refractivity contribution in [3.63, 3.8) is 0 Å². The minimum absolute atomic E-state index is 0.103. The van der Waals surface area contributed by atoms with Crippen molar-refractivity contribution < 1.29 is 23.9 Å². The molecule has 2 heterocycles. The van der Waals surface area contributed by atoms with Gasteiger partial charge in [-0.3, -0.25) is 9.59 Å². The molecule has 0 aliphatic heterocycles. The number of hydrogen-bond acceptors (Lipinski definition) is 9. The van der Waals surface area contributed by atoms with Gasteiger partial charge in [0.15, 0.2) is 6.61 Å². The van der Waals surface area contributed by atoms with Crippen molar-refractivity contribution in [1.29, 1.82) is 0 Å². The SMILES string of the molecule is CC1CCc2c(sc(NC(=O)COC(=O)CN(C)c3ncccn3)c2C(=O)OC(C)C)C1. The third-order valence-corrected chi connectivity index (χ3v) is 6.11. The molecule has 0 saturated heterocycles. The average Bonchev–Trinajstić information content (AvgIpc) is 3.09. The van der Waals surface area contributed by atoms with Crippen LogP contribution in [0.3, 0.4) is 0 Å². The van der Waals surface area contributed by atoms with Gasteiger partial charge in [-0.15, -0.1) is 11.3 Å². The second-order valence-electron chi connectivity index (χ2n) is 8.12.